The molecular weight excluding hydrogens is 498 g/mol. The van der Waals surface area contributed by atoms with Gasteiger partial charge < -0.3 is 10.2 Å². The molecule has 3 rings (SSSR count). The van der Waals surface area contributed by atoms with Gasteiger partial charge in [0.05, 0.1) is 10.6 Å². The molecule has 0 aromatic heterocycles. The third kappa shape index (κ3) is 6.44. The third-order valence-corrected chi connectivity index (χ3v) is 7.93. The highest BCUT2D eigenvalue weighted by Gasteiger charge is 2.32. The molecule has 190 valence electrons. The number of halogens is 1. The van der Waals surface area contributed by atoms with Crippen LogP contribution in [0.5, 0.6) is 0 Å². The first-order chi connectivity index (χ1) is 17.0. The summed E-state index contributed by atoms with van der Waals surface area (Å²) < 4.78 is 28.4. The molecule has 0 aliphatic carbocycles. The number of carbonyl (C=O) groups is 2. The number of sulfonamides is 1. The van der Waals surface area contributed by atoms with Gasteiger partial charge in [0.25, 0.3) is 10.0 Å². The summed E-state index contributed by atoms with van der Waals surface area (Å²) in [6.45, 7) is 5.09. The first-order valence-corrected chi connectivity index (χ1v) is 13.3. The molecule has 9 heteroatoms. The number of likely N-dealkylation sites (N-methyl/N-ethyl adjacent to an activating group) is 1. The van der Waals surface area contributed by atoms with Crippen molar-refractivity contribution < 1.29 is 18.0 Å². The summed E-state index contributed by atoms with van der Waals surface area (Å²) in [5, 5.41) is 3.01. The highest BCUT2D eigenvalue weighted by molar-refractivity contribution is 7.92. The van der Waals surface area contributed by atoms with Gasteiger partial charge in [-0.25, -0.2) is 8.42 Å². The Morgan fingerprint density at radius 2 is 1.42 bits per heavy atom. The smallest absolute Gasteiger partial charge is 0.264 e. The Morgan fingerprint density at radius 1 is 0.889 bits per heavy atom. The second-order valence-electron chi connectivity index (χ2n) is 8.60. The van der Waals surface area contributed by atoms with Crippen molar-refractivity contribution >= 4 is 39.1 Å². The Hall–Kier alpha value is -3.36. The molecule has 0 aliphatic heterocycles. The molecule has 3 aromatic rings. The first-order valence-electron chi connectivity index (χ1n) is 11.4. The molecule has 1 atom stereocenters. The largest absolute Gasteiger partial charge is 0.357 e. The predicted molar refractivity (Wildman–Crippen MR) is 142 cm³/mol. The second-order valence-corrected chi connectivity index (χ2v) is 10.9. The number of rotatable bonds is 9. The highest BCUT2D eigenvalue weighted by Crippen LogP contribution is 2.26. The lowest BCUT2D eigenvalue weighted by molar-refractivity contribution is -0.139. The lowest BCUT2D eigenvalue weighted by Crippen LogP contribution is -2.50. The minimum Gasteiger partial charge on any atom is -0.357 e. The van der Waals surface area contributed by atoms with Crippen molar-refractivity contribution in [3.63, 3.8) is 0 Å². The highest BCUT2D eigenvalue weighted by atomic mass is 35.5. The van der Waals surface area contributed by atoms with E-state index in [0.717, 1.165) is 21.0 Å². The van der Waals surface area contributed by atoms with E-state index in [1.807, 2.05) is 38.1 Å². The molecule has 0 fully saturated rings. The van der Waals surface area contributed by atoms with Crippen molar-refractivity contribution in [2.24, 2.45) is 0 Å². The molecule has 1 N–H and O–H groups in total. The summed E-state index contributed by atoms with van der Waals surface area (Å²) in [5.74, 6) is -0.868. The Balaban J connectivity index is 2.01. The average Bonchev–Trinajstić information content (AvgIpc) is 2.86. The second kappa shape index (κ2) is 11.6. The van der Waals surface area contributed by atoms with Crippen LogP contribution in [-0.4, -0.2) is 44.8 Å². The Labute approximate surface area is 217 Å². The summed E-state index contributed by atoms with van der Waals surface area (Å²) >= 11 is 6.03. The van der Waals surface area contributed by atoms with Gasteiger partial charge in [-0.2, -0.15) is 0 Å². The Morgan fingerprint density at radius 3 is 1.94 bits per heavy atom. The van der Waals surface area contributed by atoms with E-state index in [2.05, 4.69) is 5.32 Å². The summed E-state index contributed by atoms with van der Waals surface area (Å²) in [4.78, 5) is 27.6. The normalized spacial score (nSPS) is 12.0. The molecule has 3 aromatic carbocycles. The molecule has 36 heavy (non-hydrogen) atoms. The van der Waals surface area contributed by atoms with Crippen LogP contribution < -0.4 is 9.62 Å². The van der Waals surface area contributed by atoms with Gasteiger partial charge in [0.1, 0.15) is 12.6 Å². The van der Waals surface area contributed by atoms with Crippen LogP contribution in [0.15, 0.2) is 77.7 Å². The molecule has 0 saturated carbocycles. The molecule has 0 radical (unpaired) electrons. The SMILES string of the molecule is CNC(=O)[C@H](C)N(Cc1ccc(C)cc1)C(=O)CN(c1ccc(Cl)cc1)S(=O)(=O)c1ccc(C)cc1. The van der Waals surface area contributed by atoms with Crippen molar-refractivity contribution in [2.45, 2.75) is 38.3 Å². The van der Waals surface area contributed by atoms with Crippen LogP contribution in [-0.2, 0) is 26.2 Å². The van der Waals surface area contributed by atoms with Gasteiger partial charge in [-0.15, -0.1) is 0 Å². The minimum atomic E-state index is -4.10. The molecule has 0 saturated heterocycles. The quantitative estimate of drug-likeness (QED) is 0.449. The molecule has 2 amide bonds. The maximum atomic E-state index is 13.7. The fraction of sp³-hybridized carbons (Fsp3) is 0.259. The number of benzene rings is 3. The van der Waals surface area contributed by atoms with E-state index >= 15 is 0 Å². The number of amides is 2. The Bertz CT molecular complexity index is 1310. The van der Waals surface area contributed by atoms with Gasteiger partial charge in [-0.1, -0.05) is 59.1 Å². The van der Waals surface area contributed by atoms with Gasteiger partial charge in [0.15, 0.2) is 0 Å². The summed E-state index contributed by atoms with van der Waals surface area (Å²) in [5.41, 5.74) is 3.08. The van der Waals surface area contributed by atoms with Crippen LogP contribution in [0, 0.1) is 13.8 Å². The van der Waals surface area contributed by atoms with E-state index in [-0.39, 0.29) is 23.0 Å². The van der Waals surface area contributed by atoms with Crippen LogP contribution in [0.3, 0.4) is 0 Å². The average molecular weight is 528 g/mol. The fourth-order valence-electron chi connectivity index (χ4n) is 3.66. The molecule has 0 bridgehead atoms. The number of nitrogens with one attached hydrogen (secondary N) is 1. The lowest BCUT2D eigenvalue weighted by atomic mass is 10.1. The third-order valence-electron chi connectivity index (χ3n) is 5.89. The first kappa shape index (κ1) is 27.2. The summed E-state index contributed by atoms with van der Waals surface area (Å²) in [7, 11) is -2.60. The van der Waals surface area contributed by atoms with Gasteiger partial charge >= 0.3 is 0 Å². The van der Waals surface area contributed by atoms with Gasteiger partial charge in [0.2, 0.25) is 11.8 Å². The number of carbonyl (C=O) groups excluding carboxylic acids is 2. The molecule has 7 nitrogen and oxygen atoms in total. The van der Waals surface area contributed by atoms with E-state index < -0.39 is 28.5 Å². The van der Waals surface area contributed by atoms with Crippen LogP contribution in [0.4, 0.5) is 5.69 Å². The van der Waals surface area contributed by atoms with Crippen LogP contribution in [0.2, 0.25) is 5.02 Å². The van der Waals surface area contributed by atoms with Crippen molar-refractivity contribution in [1.82, 2.24) is 10.2 Å². The van der Waals surface area contributed by atoms with Gasteiger partial charge in [0, 0.05) is 18.6 Å². The van der Waals surface area contributed by atoms with Crippen molar-refractivity contribution in [3.8, 4) is 0 Å². The molecule has 0 aliphatic rings. The fourth-order valence-corrected chi connectivity index (χ4v) is 5.20. The van der Waals surface area contributed by atoms with E-state index in [1.165, 1.54) is 24.1 Å². The van der Waals surface area contributed by atoms with Gasteiger partial charge in [-0.05, 0) is 62.7 Å². The number of hydrogen-bond acceptors (Lipinski definition) is 4. The van der Waals surface area contributed by atoms with Crippen molar-refractivity contribution in [3.05, 3.63) is 94.5 Å². The maximum Gasteiger partial charge on any atom is 0.264 e. The lowest BCUT2D eigenvalue weighted by Gasteiger charge is -2.31. The Kier molecular flexibility index (Phi) is 8.76. The van der Waals surface area contributed by atoms with Crippen LogP contribution in [0.1, 0.15) is 23.6 Å². The zero-order chi connectivity index (χ0) is 26.5. The van der Waals surface area contributed by atoms with E-state index in [9.17, 15) is 18.0 Å². The standard InChI is InChI=1S/C27H30ClN3O4S/c1-19-5-9-22(10-6-19)17-30(21(3)27(33)29-4)26(32)18-31(24-13-11-23(28)12-14-24)36(34,35)25-15-7-20(2)8-16-25/h5-16,21H,17-18H2,1-4H3,(H,29,33)/t21-/m0/s1. The van der Waals surface area contributed by atoms with E-state index in [1.54, 1.807) is 43.3 Å². The van der Waals surface area contributed by atoms with Gasteiger partial charge in [-0.3, -0.25) is 13.9 Å². The topological polar surface area (TPSA) is 86.8 Å². The number of aryl methyl sites for hydroxylation is 2. The monoisotopic (exact) mass is 527 g/mol. The minimum absolute atomic E-state index is 0.0558. The zero-order valence-electron chi connectivity index (χ0n) is 20.7. The van der Waals surface area contributed by atoms with Crippen LogP contribution in [0.25, 0.3) is 0 Å². The molecule has 0 spiro atoms. The summed E-state index contributed by atoms with van der Waals surface area (Å²) in [6, 6.07) is 19.4. The van der Waals surface area contributed by atoms with Crippen LogP contribution >= 0.6 is 11.6 Å². The van der Waals surface area contributed by atoms with Crippen molar-refractivity contribution in [2.75, 3.05) is 17.9 Å². The number of hydrogen-bond donors (Lipinski definition) is 1. The number of nitrogens with zero attached hydrogens (tertiary/aromatic N) is 2. The van der Waals surface area contributed by atoms with E-state index in [4.69, 9.17) is 11.6 Å². The molecular formula is C27H30ClN3O4S. The zero-order valence-corrected chi connectivity index (χ0v) is 22.3. The maximum absolute atomic E-state index is 13.7. The molecule has 0 heterocycles. The van der Waals surface area contributed by atoms with Crippen molar-refractivity contribution in [1.29, 1.82) is 0 Å². The summed E-state index contributed by atoms with van der Waals surface area (Å²) in [6.07, 6.45) is 0. The molecule has 0 unspecified atom stereocenters. The van der Waals surface area contributed by atoms with E-state index in [0.29, 0.717) is 5.02 Å². The predicted octanol–water partition coefficient (Wildman–Crippen LogP) is 4.32. The number of anilines is 1.